The standard InChI is InChI=1S/C14H17ClN4/c1-4-12(13-6-5-9(2)7-17-13)19-14-11(15)8-16-10(3)18-14/h5-8,12H,4H2,1-3H3,(H,16,18,19). The first-order valence-electron chi connectivity index (χ1n) is 6.28. The van der Waals surface area contributed by atoms with E-state index in [1.807, 2.05) is 26.1 Å². The Morgan fingerprint density at radius 1 is 1.21 bits per heavy atom. The predicted octanol–water partition coefficient (Wildman–Crippen LogP) is 3.71. The van der Waals surface area contributed by atoms with Crippen molar-refractivity contribution in [1.29, 1.82) is 0 Å². The highest BCUT2D eigenvalue weighted by Gasteiger charge is 2.13. The number of rotatable bonds is 4. The van der Waals surface area contributed by atoms with E-state index in [2.05, 4.69) is 33.3 Å². The van der Waals surface area contributed by atoms with Crippen molar-refractivity contribution in [2.45, 2.75) is 33.2 Å². The van der Waals surface area contributed by atoms with Gasteiger partial charge in [0.15, 0.2) is 0 Å². The van der Waals surface area contributed by atoms with Gasteiger partial charge < -0.3 is 5.32 Å². The molecule has 0 aliphatic heterocycles. The zero-order valence-corrected chi connectivity index (χ0v) is 12.1. The number of aromatic nitrogens is 3. The van der Waals surface area contributed by atoms with E-state index in [0.29, 0.717) is 16.7 Å². The second-order valence-electron chi connectivity index (χ2n) is 4.48. The Bertz CT molecular complexity index is 554. The molecule has 100 valence electrons. The van der Waals surface area contributed by atoms with Crippen LogP contribution in [-0.4, -0.2) is 15.0 Å². The van der Waals surface area contributed by atoms with Gasteiger partial charge in [0.1, 0.15) is 16.7 Å². The minimum Gasteiger partial charge on any atom is -0.360 e. The van der Waals surface area contributed by atoms with E-state index in [4.69, 9.17) is 11.6 Å². The minimum atomic E-state index is 0.0902. The molecular formula is C14H17ClN4. The number of anilines is 1. The SMILES string of the molecule is CCC(Nc1nc(C)ncc1Cl)c1ccc(C)cn1. The highest BCUT2D eigenvalue weighted by atomic mass is 35.5. The molecule has 2 heterocycles. The molecule has 1 unspecified atom stereocenters. The van der Waals surface area contributed by atoms with Gasteiger partial charge in [-0.05, 0) is 31.9 Å². The lowest BCUT2D eigenvalue weighted by Gasteiger charge is -2.18. The molecule has 0 aliphatic rings. The van der Waals surface area contributed by atoms with Gasteiger partial charge in [-0.2, -0.15) is 0 Å². The van der Waals surface area contributed by atoms with E-state index < -0.39 is 0 Å². The largest absolute Gasteiger partial charge is 0.360 e. The Kier molecular flexibility index (Phi) is 4.32. The summed E-state index contributed by atoms with van der Waals surface area (Å²) in [6, 6.07) is 4.17. The Hall–Kier alpha value is -1.68. The van der Waals surface area contributed by atoms with Crippen LogP contribution in [0.3, 0.4) is 0 Å². The normalized spacial score (nSPS) is 12.2. The van der Waals surface area contributed by atoms with Gasteiger partial charge in [-0.3, -0.25) is 4.98 Å². The van der Waals surface area contributed by atoms with Crippen LogP contribution >= 0.6 is 11.6 Å². The quantitative estimate of drug-likeness (QED) is 0.925. The van der Waals surface area contributed by atoms with Crippen LogP contribution in [0, 0.1) is 13.8 Å². The third-order valence-corrected chi connectivity index (χ3v) is 3.15. The van der Waals surface area contributed by atoms with E-state index in [1.165, 1.54) is 0 Å². The summed E-state index contributed by atoms with van der Waals surface area (Å²) in [5, 5.41) is 3.85. The summed E-state index contributed by atoms with van der Waals surface area (Å²) in [4.78, 5) is 12.8. The van der Waals surface area contributed by atoms with Crippen molar-refractivity contribution in [1.82, 2.24) is 15.0 Å². The monoisotopic (exact) mass is 276 g/mol. The minimum absolute atomic E-state index is 0.0902. The summed E-state index contributed by atoms with van der Waals surface area (Å²) in [6.45, 7) is 5.96. The first-order valence-corrected chi connectivity index (χ1v) is 6.66. The van der Waals surface area contributed by atoms with Gasteiger partial charge in [-0.1, -0.05) is 24.6 Å². The summed E-state index contributed by atoms with van der Waals surface area (Å²) in [5.74, 6) is 1.35. The fourth-order valence-electron chi connectivity index (χ4n) is 1.79. The molecule has 0 saturated carbocycles. The molecule has 0 spiro atoms. The van der Waals surface area contributed by atoms with Crippen molar-refractivity contribution >= 4 is 17.4 Å². The van der Waals surface area contributed by atoms with Crippen LogP contribution in [-0.2, 0) is 0 Å². The number of hydrogen-bond acceptors (Lipinski definition) is 4. The maximum atomic E-state index is 6.10. The zero-order chi connectivity index (χ0) is 13.8. The summed E-state index contributed by atoms with van der Waals surface area (Å²) in [7, 11) is 0. The molecule has 0 radical (unpaired) electrons. The fourth-order valence-corrected chi connectivity index (χ4v) is 1.94. The Morgan fingerprint density at radius 2 is 2.00 bits per heavy atom. The molecule has 0 aliphatic carbocycles. The molecule has 0 saturated heterocycles. The van der Waals surface area contributed by atoms with Crippen LogP contribution in [0.15, 0.2) is 24.5 Å². The Balaban J connectivity index is 2.23. The lowest BCUT2D eigenvalue weighted by Crippen LogP contribution is -2.13. The van der Waals surface area contributed by atoms with Gasteiger partial charge in [-0.25, -0.2) is 9.97 Å². The molecule has 2 rings (SSSR count). The van der Waals surface area contributed by atoms with Crippen LogP contribution in [0.2, 0.25) is 5.02 Å². The number of nitrogens with zero attached hydrogens (tertiary/aromatic N) is 3. The molecule has 4 nitrogen and oxygen atoms in total. The highest BCUT2D eigenvalue weighted by Crippen LogP contribution is 2.25. The molecule has 1 atom stereocenters. The van der Waals surface area contributed by atoms with Gasteiger partial charge in [0.2, 0.25) is 0 Å². The number of nitrogens with one attached hydrogen (secondary N) is 1. The summed E-state index contributed by atoms with van der Waals surface area (Å²) >= 11 is 6.10. The van der Waals surface area contributed by atoms with Crippen molar-refractivity contribution in [2.75, 3.05) is 5.32 Å². The van der Waals surface area contributed by atoms with Crippen molar-refractivity contribution in [3.63, 3.8) is 0 Å². The Labute approximate surface area is 118 Å². The van der Waals surface area contributed by atoms with E-state index in [-0.39, 0.29) is 6.04 Å². The molecule has 5 heteroatoms. The van der Waals surface area contributed by atoms with E-state index >= 15 is 0 Å². The van der Waals surface area contributed by atoms with Gasteiger partial charge in [-0.15, -0.1) is 0 Å². The lowest BCUT2D eigenvalue weighted by molar-refractivity contribution is 0.717. The number of halogens is 1. The van der Waals surface area contributed by atoms with Crippen molar-refractivity contribution in [3.05, 3.63) is 46.6 Å². The second-order valence-corrected chi connectivity index (χ2v) is 4.89. The first kappa shape index (κ1) is 13.7. The molecular weight excluding hydrogens is 260 g/mol. The van der Waals surface area contributed by atoms with Crippen LogP contribution in [0.1, 0.15) is 36.5 Å². The van der Waals surface area contributed by atoms with Crippen LogP contribution in [0.25, 0.3) is 0 Å². The average molecular weight is 277 g/mol. The van der Waals surface area contributed by atoms with E-state index in [0.717, 1.165) is 17.7 Å². The van der Waals surface area contributed by atoms with E-state index in [9.17, 15) is 0 Å². The number of pyridine rings is 1. The van der Waals surface area contributed by atoms with Gasteiger partial charge in [0.05, 0.1) is 17.9 Å². The molecule has 0 fully saturated rings. The molecule has 2 aromatic heterocycles. The third kappa shape index (κ3) is 3.41. The summed E-state index contributed by atoms with van der Waals surface area (Å²) < 4.78 is 0. The van der Waals surface area contributed by atoms with Crippen molar-refractivity contribution in [3.8, 4) is 0 Å². The molecule has 0 amide bonds. The summed E-state index contributed by atoms with van der Waals surface area (Å²) in [5.41, 5.74) is 2.13. The van der Waals surface area contributed by atoms with Crippen LogP contribution < -0.4 is 5.32 Å². The van der Waals surface area contributed by atoms with Crippen molar-refractivity contribution in [2.24, 2.45) is 0 Å². The van der Waals surface area contributed by atoms with Crippen LogP contribution in [0.4, 0.5) is 5.82 Å². The topological polar surface area (TPSA) is 50.7 Å². The maximum Gasteiger partial charge on any atom is 0.149 e. The molecule has 0 aromatic carbocycles. The van der Waals surface area contributed by atoms with Gasteiger partial charge >= 0.3 is 0 Å². The lowest BCUT2D eigenvalue weighted by atomic mass is 10.1. The highest BCUT2D eigenvalue weighted by molar-refractivity contribution is 6.32. The first-order chi connectivity index (χ1) is 9.10. The van der Waals surface area contributed by atoms with Crippen LogP contribution in [0.5, 0.6) is 0 Å². The van der Waals surface area contributed by atoms with E-state index in [1.54, 1.807) is 6.20 Å². The predicted molar refractivity (Wildman–Crippen MR) is 77.4 cm³/mol. The molecule has 2 aromatic rings. The molecule has 0 bridgehead atoms. The maximum absolute atomic E-state index is 6.10. The smallest absolute Gasteiger partial charge is 0.149 e. The molecule has 19 heavy (non-hydrogen) atoms. The number of hydrogen-bond donors (Lipinski definition) is 1. The Morgan fingerprint density at radius 3 is 2.63 bits per heavy atom. The summed E-state index contributed by atoms with van der Waals surface area (Å²) in [6.07, 6.45) is 4.38. The van der Waals surface area contributed by atoms with Gasteiger partial charge in [0.25, 0.3) is 0 Å². The fraction of sp³-hybridized carbons (Fsp3) is 0.357. The zero-order valence-electron chi connectivity index (χ0n) is 11.3. The second kappa shape index (κ2) is 5.97. The molecule has 1 N–H and O–H groups in total. The van der Waals surface area contributed by atoms with Crippen molar-refractivity contribution < 1.29 is 0 Å². The average Bonchev–Trinajstić information content (AvgIpc) is 2.41. The van der Waals surface area contributed by atoms with Gasteiger partial charge in [0, 0.05) is 6.20 Å². The number of aryl methyl sites for hydroxylation is 2. The third-order valence-electron chi connectivity index (χ3n) is 2.88.